The summed E-state index contributed by atoms with van der Waals surface area (Å²) in [6.07, 6.45) is 6.69. The van der Waals surface area contributed by atoms with Crippen LogP contribution in [0, 0.1) is 5.92 Å². The van der Waals surface area contributed by atoms with Gasteiger partial charge < -0.3 is 10.2 Å². The van der Waals surface area contributed by atoms with Gasteiger partial charge in [0.15, 0.2) is 0 Å². The number of carbonyl (C=O) groups is 2. The number of carbonyl (C=O) groups excluding carboxylic acids is 2. The van der Waals surface area contributed by atoms with Crippen LogP contribution < -0.4 is 5.32 Å². The van der Waals surface area contributed by atoms with Crippen LogP contribution in [-0.2, 0) is 9.59 Å². The third-order valence-electron chi connectivity index (χ3n) is 4.71. The van der Waals surface area contributed by atoms with Gasteiger partial charge in [0.2, 0.25) is 11.8 Å². The molecule has 1 saturated carbocycles. The van der Waals surface area contributed by atoms with Gasteiger partial charge >= 0.3 is 0 Å². The number of rotatable bonds is 3. The number of amides is 2. The monoisotopic (exact) mass is 266 g/mol. The van der Waals surface area contributed by atoms with Crippen LogP contribution in [0.5, 0.6) is 0 Å². The molecule has 0 spiro atoms. The van der Waals surface area contributed by atoms with Gasteiger partial charge in [-0.15, -0.1) is 0 Å². The summed E-state index contributed by atoms with van der Waals surface area (Å²) in [5.41, 5.74) is 0. The number of hydrogen-bond acceptors (Lipinski definition) is 2. The molecule has 108 valence electrons. The highest BCUT2D eigenvalue weighted by Gasteiger charge is 2.44. The van der Waals surface area contributed by atoms with Gasteiger partial charge in [-0.2, -0.15) is 0 Å². The quantitative estimate of drug-likeness (QED) is 0.850. The van der Waals surface area contributed by atoms with E-state index in [0.29, 0.717) is 5.92 Å². The lowest BCUT2D eigenvalue weighted by Crippen LogP contribution is -2.66. The van der Waals surface area contributed by atoms with Gasteiger partial charge in [0.1, 0.15) is 12.1 Å². The first-order valence-corrected chi connectivity index (χ1v) is 7.68. The van der Waals surface area contributed by atoms with Crippen molar-refractivity contribution in [2.45, 2.75) is 77.4 Å². The average Bonchev–Trinajstić information content (AvgIpc) is 2.42. The van der Waals surface area contributed by atoms with E-state index >= 15 is 0 Å². The van der Waals surface area contributed by atoms with Crippen molar-refractivity contribution in [2.24, 2.45) is 5.92 Å². The van der Waals surface area contributed by atoms with Crippen LogP contribution in [0.25, 0.3) is 0 Å². The van der Waals surface area contributed by atoms with Gasteiger partial charge in [-0.25, -0.2) is 0 Å². The van der Waals surface area contributed by atoms with Gasteiger partial charge in [-0.1, -0.05) is 26.2 Å². The molecule has 3 atom stereocenters. The zero-order valence-electron chi connectivity index (χ0n) is 12.3. The lowest BCUT2D eigenvalue weighted by Gasteiger charge is -2.45. The Hall–Kier alpha value is -1.06. The summed E-state index contributed by atoms with van der Waals surface area (Å²) >= 11 is 0. The molecule has 4 nitrogen and oxygen atoms in total. The third kappa shape index (κ3) is 2.77. The Morgan fingerprint density at radius 2 is 1.89 bits per heavy atom. The van der Waals surface area contributed by atoms with E-state index in [1.165, 1.54) is 19.3 Å². The largest absolute Gasteiger partial charge is 0.343 e. The second-order valence-electron chi connectivity index (χ2n) is 6.08. The maximum absolute atomic E-state index is 12.4. The summed E-state index contributed by atoms with van der Waals surface area (Å²) in [6.45, 7) is 5.92. The first-order valence-electron chi connectivity index (χ1n) is 7.68. The molecule has 19 heavy (non-hydrogen) atoms. The number of piperazine rings is 1. The molecular weight excluding hydrogens is 240 g/mol. The zero-order chi connectivity index (χ0) is 14.0. The molecule has 2 amide bonds. The highest BCUT2D eigenvalue weighted by Crippen LogP contribution is 2.32. The second kappa shape index (κ2) is 5.93. The zero-order valence-corrected chi connectivity index (χ0v) is 12.3. The minimum absolute atomic E-state index is 0.0549. The molecule has 1 aliphatic heterocycles. The molecule has 1 aliphatic carbocycles. The van der Waals surface area contributed by atoms with E-state index in [4.69, 9.17) is 0 Å². The van der Waals surface area contributed by atoms with E-state index in [0.717, 1.165) is 19.3 Å². The Balaban J connectivity index is 2.24. The molecular formula is C15H26N2O2. The van der Waals surface area contributed by atoms with Crippen molar-refractivity contribution in [3.63, 3.8) is 0 Å². The summed E-state index contributed by atoms with van der Waals surface area (Å²) in [6, 6.07) is -0.465. The Labute approximate surface area is 115 Å². The second-order valence-corrected chi connectivity index (χ2v) is 6.08. The molecule has 4 heteroatoms. The Bertz CT molecular complexity index is 350. The molecule has 1 N–H and O–H groups in total. The SMILES string of the molecule is CCC(C)N1C(=O)C(C)NC(=O)C1C1CCCCC1. The van der Waals surface area contributed by atoms with Gasteiger partial charge in [0.05, 0.1) is 0 Å². The van der Waals surface area contributed by atoms with E-state index in [-0.39, 0.29) is 29.9 Å². The maximum Gasteiger partial charge on any atom is 0.245 e. The van der Waals surface area contributed by atoms with Crippen molar-refractivity contribution >= 4 is 11.8 Å². The van der Waals surface area contributed by atoms with Crippen molar-refractivity contribution < 1.29 is 9.59 Å². The van der Waals surface area contributed by atoms with Gasteiger partial charge in [-0.3, -0.25) is 9.59 Å². The predicted octanol–water partition coefficient (Wildman–Crippen LogP) is 2.08. The molecule has 1 saturated heterocycles. The van der Waals surface area contributed by atoms with Gasteiger partial charge in [0, 0.05) is 6.04 Å². The molecule has 2 aliphatic rings. The van der Waals surface area contributed by atoms with Crippen molar-refractivity contribution in [3.05, 3.63) is 0 Å². The standard InChI is InChI=1S/C15H26N2O2/c1-4-10(2)17-13(12-8-6-5-7-9-12)14(18)16-11(3)15(17)19/h10-13H,4-9H2,1-3H3,(H,16,18). The third-order valence-corrected chi connectivity index (χ3v) is 4.71. The van der Waals surface area contributed by atoms with Crippen LogP contribution >= 0.6 is 0 Å². The average molecular weight is 266 g/mol. The van der Waals surface area contributed by atoms with Crippen molar-refractivity contribution in [1.82, 2.24) is 10.2 Å². The molecule has 2 rings (SSSR count). The molecule has 0 aromatic heterocycles. The lowest BCUT2D eigenvalue weighted by molar-refractivity contribution is -0.154. The smallest absolute Gasteiger partial charge is 0.245 e. The van der Waals surface area contributed by atoms with Crippen LogP contribution in [0.4, 0.5) is 0 Å². The normalized spacial score (nSPS) is 31.2. The Morgan fingerprint density at radius 3 is 2.47 bits per heavy atom. The number of hydrogen-bond donors (Lipinski definition) is 1. The van der Waals surface area contributed by atoms with E-state index < -0.39 is 0 Å². The predicted molar refractivity (Wildman–Crippen MR) is 74.6 cm³/mol. The Morgan fingerprint density at radius 1 is 1.26 bits per heavy atom. The summed E-state index contributed by atoms with van der Waals surface area (Å²) in [5, 5.41) is 2.86. The number of nitrogens with zero attached hydrogens (tertiary/aromatic N) is 1. The van der Waals surface area contributed by atoms with Crippen LogP contribution in [-0.4, -0.2) is 34.8 Å². The van der Waals surface area contributed by atoms with Crippen molar-refractivity contribution in [3.8, 4) is 0 Å². The first-order chi connectivity index (χ1) is 9.06. The molecule has 0 aromatic carbocycles. The summed E-state index contributed by atoms with van der Waals surface area (Å²) in [7, 11) is 0. The molecule has 3 unspecified atom stereocenters. The molecule has 0 radical (unpaired) electrons. The van der Waals surface area contributed by atoms with Gasteiger partial charge in [0.25, 0.3) is 0 Å². The minimum Gasteiger partial charge on any atom is -0.343 e. The van der Waals surface area contributed by atoms with Crippen LogP contribution in [0.3, 0.4) is 0 Å². The van der Waals surface area contributed by atoms with Crippen LogP contribution in [0.15, 0.2) is 0 Å². The summed E-state index contributed by atoms with van der Waals surface area (Å²) in [4.78, 5) is 26.7. The molecule has 1 heterocycles. The minimum atomic E-state index is -0.374. The summed E-state index contributed by atoms with van der Waals surface area (Å²) < 4.78 is 0. The molecule has 2 fully saturated rings. The van der Waals surface area contributed by atoms with E-state index in [1.54, 1.807) is 6.92 Å². The lowest BCUT2D eigenvalue weighted by atomic mass is 9.81. The van der Waals surface area contributed by atoms with Gasteiger partial charge in [-0.05, 0) is 39.0 Å². The fraction of sp³-hybridized carbons (Fsp3) is 0.867. The fourth-order valence-corrected chi connectivity index (χ4v) is 3.43. The fourth-order valence-electron chi connectivity index (χ4n) is 3.43. The van der Waals surface area contributed by atoms with Crippen LogP contribution in [0.2, 0.25) is 0 Å². The highest BCUT2D eigenvalue weighted by atomic mass is 16.2. The molecule has 0 bridgehead atoms. The van der Waals surface area contributed by atoms with Crippen molar-refractivity contribution in [1.29, 1.82) is 0 Å². The van der Waals surface area contributed by atoms with Crippen molar-refractivity contribution in [2.75, 3.05) is 0 Å². The maximum atomic E-state index is 12.4. The van der Waals surface area contributed by atoms with E-state index in [9.17, 15) is 9.59 Å². The Kier molecular flexibility index (Phi) is 4.48. The van der Waals surface area contributed by atoms with E-state index in [1.807, 2.05) is 4.90 Å². The van der Waals surface area contributed by atoms with Crippen LogP contribution in [0.1, 0.15) is 59.3 Å². The van der Waals surface area contributed by atoms with E-state index in [2.05, 4.69) is 19.2 Å². The summed E-state index contributed by atoms with van der Waals surface area (Å²) in [5.74, 6) is 0.489. The number of nitrogens with one attached hydrogen (secondary N) is 1. The first kappa shape index (κ1) is 14.4. The topological polar surface area (TPSA) is 49.4 Å². The molecule has 0 aromatic rings. The highest BCUT2D eigenvalue weighted by molar-refractivity contribution is 5.97.